The first-order valence-electron chi connectivity index (χ1n) is 12.5. The molecule has 2 heterocycles. The van der Waals surface area contributed by atoms with Gasteiger partial charge in [-0.3, -0.25) is 9.48 Å². The second-order valence-corrected chi connectivity index (χ2v) is 10.7. The molecule has 0 radical (unpaired) electrons. The maximum atomic E-state index is 12.6. The lowest BCUT2D eigenvalue weighted by molar-refractivity contribution is -0.116. The van der Waals surface area contributed by atoms with Gasteiger partial charge in [-0.25, -0.2) is 9.48 Å². The van der Waals surface area contributed by atoms with Crippen LogP contribution in [0.3, 0.4) is 0 Å². The van der Waals surface area contributed by atoms with Crippen LogP contribution < -0.4 is 5.32 Å². The van der Waals surface area contributed by atoms with Gasteiger partial charge in [0.15, 0.2) is 0 Å². The molecule has 0 aromatic carbocycles. The zero-order chi connectivity index (χ0) is 24.3. The fourth-order valence-corrected chi connectivity index (χ4v) is 4.80. The van der Waals surface area contributed by atoms with Crippen LogP contribution in [-0.2, 0) is 21.6 Å². The van der Waals surface area contributed by atoms with Crippen LogP contribution in [0.25, 0.3) is 0 Å². The Morgan fingerprint density at radius 2 is 1.94 bits per heavy atom. The molecule has 4 rings (SSSR count). The van der Waals surface area contributed by atoms with Crippen molar-refractivity contribution < 1.29 is 14.3 Å². The van der Waals surface area contributed by atoms with Crippen LogP contribution >= 0.6 is 0 Å². The Morgan fingerprint density at radius 1 is 1.21 bits per heavy atom. The third-order valence-electron chi connectivity index (χ3n) is 6.95. The van der Waals surface area contributed by atoms with E-state index in [1.807, 2.05) is 30.1 Å². The second-order valence-electron chi connectivity index (χ2n) is 10.7. The summed E-state index contributed by atoms with van der Waals surface area (Å²) in [5.41, 5.74) is 0.659. The van der Waals surface area contributed by atoms with Crippen LogP contribution in [0.15, 0.2) is 24.5 Å². The molecule has 2 saturated carbocycles. The lowest BCUT2D eigenvalue weighted by Crippen LogP contribution is -2.42. The lowest BCUT2D eigenvalue weighted by atomic mass is 9.80. The molecule has 2 aromatic heterocycles. The number of nitrogens with zero attached hydrogens (tertiary/aromatic N) is 5. The third kappa shape index (κ3) is 5.80. The fraction of sp³-hybridized carbons (Fsp3) is 0.680. The number of ether oxygens (including phenoxy) is 1. The van der Waals surface area contributed by atoms with Gasteiger partial charge in [0.05, 0.1) is 11.2 Å². The number of amides is 2. The minimum Gasteiger partial charge on any atom is -0.446 e. The average molecular weight is 471 g/mol. The number of anilines is 1. The smallest absolute Gasteiger partial charge is 0.410 e. The Morgan fingerprint density at radius 3 is 2.59 bits per heavy atom. The van der Waals surface area contributed by atoms with Crippen molar-refractivity contribution in [1.82, 2.24) is 24.5 Å². The van der Waals surface area contributed by atoms with Gasteiger partial charge < -0.3 is 15.0 Å². The van der Waals surface area contributed by atoms with E-state index in [1.165, 1.54) is 19.3 Å². The summed E-state index contributed by atoms with van der Waals surface area (Å²) >= 11 is 0. The topological polar surface area (TPSA) is 94.3 Å². The molecule has 34 heavy (non-hydrogen) atoms. The predicted octanol–water partition coefficient (Wildman–Crippen LogP) is 4.51. The number of nitrogens with one attached hydrogen (secondary N) is 1. The second kappa shape index (κ2) is 10.2. The quantitative estimate of drug-likeness (QED) is 0.642. The molecular weight excluding hydrogens is 432 g/mol. The standard InChI is InChI=1S/C25H38N6O3/c1-25(2,3)31-22(27-23(32)11-14-30-13-8-12-26-30)17-21(28-31)18-15-20(16-18)34-24(33)29(4)19-9-6-5-7-10-19/h8,12-13,17-20H,5-7,9-11,14-16H2,1-4H3,(H,27,32). The minimum absolute atomic E-state index is 0.0707. The average Bonchev–Trinajstić information content (AvgIpc) is 3.44. The summed E-state index contributed by atoms with van der Waals surface area (Å²) in [5, 5.41) is 12.0. The van der Waals surface area contributed by atoms with Crippen LogP contribution in [0.5, 0.6) is 0 Å². The van der Waals surface area contributed by atoms with E-state index < -0.39 is 0 Å². The van der Waals surface area contributed by atoms with Crippen molar-refractivity contribution in [3.05, 3.63) is 30.2 Å². The van der Waals surface area contributed by atoms with Gasteiger partial charge in [0.1, 0.15) is 11.9 Å². The molecule has 186 valence electrons. The normalized spacial score (nSPS) is 21.1. The van der Waals surface area contributed by atoms with E-state index in [2.05, 4.69) is 31.2 Å². The Labute approximate surface area is 201 Å². The van der Waals surface area contributed by atoms with Crippen molar-refractivity contribution in [1.29, 1.82) is 0 Å². The van der Waals surface area contributed by atoms with E-state index in [-0.39, 0.29) is 29.6 Å². The van der Waals surface area contributed by atoms with Gasteiger partial charge in [-0.15, -0.1) is 0 Å². The molecule has 0 atom stereocenters. The van der Waals surface area contributed by atoms with E-state index in [9.17, 15) is 9.59 Å². The maximum Gasteiger partial charge on any atom is 0.410 e. The van der Waals surface area contributed by atoms with Gasteiger partial charge in [0.25, 0.3) is 0 Å². The minimum atomic E-state index is -0.277. The molecule has 0 spiro atoms. The first-order valence-corrected chi connectivity index (χ1v) is 12.5. The highest BCUT2D eigenvalue weighted by atomic mass is 16.6. The molecule has 2 fully saturated rings. The maximum absolute atomic E-state index is 12.6. The summed E-state index contributed by atoms with van der Waals surface area (Å²) in [6.07, 6.45) is 10.9. The molecular formula is C25H38N6O3. The molecule has 0 saturated heterocycles. The van der Waals surface area contributed by atoms with Crippen molar-refractivity contribution in [3.63, 3.8) is 0 Å². The Bertz CT molecular complexity index is 965. The number of rotatable bonds is 7. The van der Waals surface area contributed by atoms with Gasteiger partial charge in [-0.1, -0.05) is 19.3 Å². The van der Waals surface area contributed by atoms with Crippen molar-refractivity contribution in [2.24, 2.45) is 0 Å². The number of carbonyl (C=O) groups is 2. The van der Waals surface area contributed by atoms with Crippen LogP contribution in [0.1, 0.15) is 83.7 Å². The highest BCUT2D eigenvalue weighted by Crippen LogP contribution is 2.40. The largest absolute Gasteiger partial charge is 0.446 e. The number of hydrogen-bond acceptors (Lipinski definition) is 5. The van der Waals surface area contributed by atoms with Gasteiger partial charge >= 0.3 is 6.09 Å². The highest BCUT2D eigenvalue weighted by molar-refractivity contribution is 5.89. The van der Waals surface area contributed by atoms with Crippen molar-refractivity contribution >= 4 is 17.8 Å². The van der Waals surface area contributed by atoms with Crippen LogP contribution in [-0.4, -0.2) is 55.7 Å². The summed E-state index contributed by atoms with van der Waals surface area (Å²) in [6, 6.07) is 4.11. The Balaban J connectivity index is 1.32. The predicted molar refractivity (Wildman–Crippen MR) is 130 cm³/mol. The van der Waals surface area contributed by atoms with Crippen molar-refractivity contribution in [2.75, 3.05) is 12.4 Å². The molecule has 2 amide bonds. The SMILES string of the molecule is CN(C(=O)OC1CC(c2cc(NC(=O)CCn3cccn3)n(C(C)(C)C)n2)C1)C1CCCCC1. The molecule has 0 bridgehead atoms. The first-order chi connectivity index (χ1) is 16.2. The van der Waals surface area contributed by atoms with E-state index in [1.54, 1.807) is 15.8 Å². The van der Waals surface area contributed by atoms with Gasteiger partial charge in [-0.05, 0) is 52.5 Å². The van der Waals surface area contributed by atoms with Gasteiger partial charge in [0, 0.05) is 50.4 Å². The van der Waals surface area contributed by atoms with Gasteiger partial charge in [-0.2, -0.15) is 10.2 Å². The highest BCUT2D eigenvalue weighted by Gasteiger charge is 2.37. The number of aryl methyl sites for hydroxylation is 1. The number of carbonyl (C=O) groups excluding carboxylic acids is 2. The monoisotopic (exact) mass is 470 g/mol. The number of hydrogen-bond donors (Lipinski definition) is 1. The Hall–Kier alpha value is -2.84. The first kappa shape index (κ1) is 24.3. The molecule has 2 aliphatic carbocycles. The van der Waals surface area contributed by atoms with Crippen LogP contribution in [0, 0.1) is 0 Å². The molecule has 9 nitrogen and oxygen atoms in total. The molecule has 2 aromatic rings. The van der Waals surface area contributed by atoms with E-state index in [0.29, 0.717) is 24.8 Å². The Kier molecular flexibility index (Phi) is 7.28. The summed E-state index contributed by atoms with van der Waals surface area (Å²) < 4.78 is 9.39. The zero-order valence-electron chi connectivity index (χ0n) is 20.9. The van der Waals surface area contributed by atoms with E-state index >= 15 is 0 Å². The summed E-state index contributed by atoms with van der Waals surface area (Å²) in [5.74, 6) is 0.852. The van der Waals surface area contributed by atoms with Crippen LogP contribution in [0.4, 0.5) is 10.6 Å². The molecule has 0 aliphatic heterocycles. The van der Waals surface area contributed by atoms with Crippen molar-refractivity contribution in [3.8, 4) is 0 Å². The van der Waals surface area contributed by atoms with Crippen molar-refractivity contribution in [2.45, 2.75) is 102 Å². The van der Waals surface area contributed by atoms with Gasteiger partial charge in [0.2, 0.25) is 5.91 Å². The third-order valence-corrected chi connectivity index (χ3v) is 6.95. The summed E-state index contributed by atoms with van der Waals surface area (Å²) in [6.45, 7) is 6.72. The van der Waals surface area contributed by atoms with Crippen LogP contribution in [0.2, 0.25) is 0 Å². The van der Waals surface area contributed by atoms with E-state index in [4.69, 9.17) is 9.84 Å². The lowest BCUT2D eigenvalue weighted by Gasteiger charge is -2.37. The molecule has 9 heteroatoms. The summed E-state index contributed by atoms with van der Waals surface area (Å²) in [7, 11) is 1.86. The molecule has 2 aliphatic rings. The molecule has 1 N–H and O–H groups in total. The fourth-order valence-electron chi connectivity index (χ4n) is 4.80. The zero-order valence-corrected chi connectivity index (χ0v) is 20.9. The molecule has 0 unspecified atom stereocenters. The number of aromatic nitrogens is 4. The summed E-state index contributed by atoms with van der Waals surface area (Å²) in [4.78, 5) is 26.9. The van der Waals surface area contributed by atoms with E-state index in [0.717, 1.165) is 31.4 Å².